The number of aliphatic carboxylic acids is 1. The summed E-state index contributed by atoms with van der Waals surface area (Å²) < 4.78 is 23.5. The van der Waals surface area contributed by atoms with Crippen LogP contribution >= 0.6 is 0 Å². The van der Waals surface area contributed by atoms with E-state index in [1.807, 2.05) is 6.07 Å². The van der Waals surface area contributed by atoms with Gasteiger partial charge in [-0.2, -0.15) is 4.31 Å². The zero-order valence-electron chi connectivity index (χ0n) is 12.5. The van der Waals surface area contributed by atoms with E-state index in [4.69, 9.17) is 5.11 Å². The van der Waals surface area contributed by atoms with Gasteiger partial charge in [0.15, 0.2) is 0 Å². The second-order valence-corrected chi connectivity index (χ2v) is 7.07. The van der Waals surface area contributed by atoms with Crippen LogP contribution in [-0.2, 0) is 19.6 Å². The van der Waals surface area contributed by atoms with Gasteiger partial charge in [-0.05, 0) is 12.0 Å². The lowest BCUT2D eigenvalue weighted by molar-refractivity contribution is -0.137. The molecule has 1 rings (SSSR count). The maximum Gasteiger partial charge on any atom is 0.303 e. The van der Waals surface area contributed by atoms with Crippen LogP contribution < -0.4 is 5.32 Å². The van der Waals surface area contributed by atoms with Crippen molar-refractivity contribution in [1.29, 1.82) is 0 Å². The fraction of sp³-hybridized carbons (Fsp3) is 0.429. The molecule has 22 heavy (non-hydrogen) atoms. The lowest BCUT2D eigenvalue weighted by atomic mass is 10.0. The molecule has 2 N–H and O–H groups in total. The second kappa shape index (κ2) is 7.90. The average molecular weight is 328 g/mol. The smallest absolute Gasteiger partial charge is 0.303 e. The number of carbonyl (C=O) groups is 2. The van der Waals surface area contributed by atoms with Crippen molar-refractivity contribution >= 4 is 21.9 Å². The minimum atomic E-state index is -3.45. The summed E-state index contributed by atoms with van der Waals surface area (Å²) in [6.45, 7) is -0.310. The van der Waals surface area contributed by atoms with Crippen molar-refractivity contribution in [1.82, 2.24) is 9.62 Å². The first-order chi connectivity index (χ1) is 10.2. The highest BCUT2D eigenvalue weighted by Crippen LogP contribution is 2.18. The van der Waals surface area contributed by atoms with Gasteiger partial charge >= 0.3 is 5.97 Å². The summed E-state index contributed by atoms with van der Waals surface area (Å²) in [6.07, 6.45) is 1.15. The number of likely N-dealkylation sites (N-methyl/N-ethyl adjacent to an activating group) is 1. The van der Waals surface area contributed by atoms with Crippen LogP contribution in [0.25, 0.3) is 0 Å². The quantitative estimate of drug-likeness (QED) is 0.727. The molecule has 0 aliphatic heterocycles. The van der Waals surface area contributed by atoms with Crippen molar-refractivity contribution in [3.05, 3.63) is 35.9 Å². The Hall–Kier alpha value is -1.93. The van der Waals surface area contributed by atoms with Gasteiger partial charge in [0.1, 0.15) is 0 Å². The standard InChI is InChI=1S/C14H20N2O5S/c1-16(22(2,20)21)10-13(17)15-12(8-9-14(18)19)11-6-4-3-5-7-11/h3-7,12H,8-10H2,1-2H3,(H,15,17)(H,18,19). The molecule has 0 saturated heterocycles. The molecule has 0 saturated carbocycles. The summed E-state index contributed by atoms with van der Waals surface area (Å²) >= 11 is 0. The molecule has 122 valence electrons. The Morgan fingerprint density at radius 1 is 1.27 bits per heavy atom. The number of sulfonamides is 1. The van der Waals surface area contributed by atoms with Crippen molar-refractivity contribution in [2.45, 2.75) is 18.9 Å². The molecular formula is C14H20N2O5S. The third-order valence-corrected chi connectivity index (χ3v) is 4.38. The van der Waals surface area contributed by atoms with Gasteiger partial charge in [-0.15, -0.1) is 0 Å². The minimum absolute atomic E-state index is 0.0955. The molecule has 1 amide bonds. The number of amides is 1. The molecule has 0 fully saturated rings. The largest absolute Gasteiger partial charge is 0.481 e. The molecule has 1 aromatic carbocycles. The number of carboxylic acid groups (broad SMARTS) is 1. The second-order valence-electron chi connectivity index (χ2n) is 4.98. The van der Waals surface area contributed by atoms with Crippen LogP contribution in [-0.4, -0.2) is 49.6 Å². The van der Waals surface area contributed by atoms with E-state index in [0.29, 0.717) is 0 Å². The number of carbonyl (C=O) groups excluding carboxylic acids is 1. The van der Waals surface area contributed by atoms with E-state index >= 15 is 0 Å². The van der Waals surface area contributed by atoms with Crippen LogP contribution in [0.5, 0.6) is 0 Å². The van der Waals surface area contributed by atoms with Crippen LogP contribution in [0, 0.1) is 0 Å². The summed E-state index contributed by atoms with van der Waals surface area (Å²) in [5, 5.41) is 11.5. The maximum absolute atomic E-state index is 12.0. The Kier molecular flexibility index (Phi) is 6.51. The van der Waals surface area contributed by atoms with Gasteiger partial charge in [0.2, 0.25) is 15.9 Å². The SMILES string of the molecule is CN(CC(=O)NC(CCC(=O)O)c1ccccc1)S(C)(=O)=O. The number of nitrogens with one attached hydrogen (secondary N) is 1. The number of hydrogen-bond donors (Lipinski definition) is 2. The molecule has 7 nitrogen and oxygen atoms in total. The minimum Gasteiger partial charge on any atom is -0.481 e. The molecule has 0 bridgehead atoms. The molecule has 0 spiro atoms. The van der Waals surface area contributed by atoms with Crippen LogP contribution in [0.2, 0.25) is 0 Å². The third kappa shape index (κ3) is 6.23. The van der Waals surface area contributed by atoms with Gasteiger partial charge in [-0.1, -0.05) is 30.3 Å². The van der Waals surface area contributed by atoms with Crippen molar-refractivity contribution in [3.8, 4) is 0 Å². The first kappa shape index (κ1) is 18.1. The molecule has 0 radical (unpaired) electrons. The lowest BCUT2D eigenvalue weighted by Crippen LogP contribution is -2.39. The van der Waals surface area contributed by atoms with Crippen LogP contribution in [0.4, 0.5) is 0 Å². The summed E-state index contributed by atoms with van der Waals surface area (Å²) in [7, 11) is -2.14. The Morgan fingerprint density at radius 3 is 2.36 bits per heavy atom. The predicted molar refractivity (Wildman–Crippen MR) is 81.7 cm³/mol. The van der Waals surface area contributed by atoms with Gasteiger partial charge < -0.3 is 10.4 Å². The highest BCUT2D eigenvalue weighted by molar-refractivity contribution is 7.88. The van der Waals surface area contributed by atoms with E-state index in [2.05, 4.69) is 5.32 Å². The Morgan fingerprint density at radius 2 is 1.86 bits per heavy atom. The number of carboxylic acids is 1. The summed E-state index contributed by atoms with van der Waals surface area (Å²) in [6, 6.07) is 8.49. The molecule has 0 aliphatic carbocycles. The van der Waals surface area contributed by atoms with Gasteiger partial charge in [0.25, 0.3) is 0 Å². The highest BCUT2D eigenvalue weighted by atomic mass is 32.2. The van der Waals surface area contributed by atoms with E-state index < -0.39 is 27.9 Å². The van der Waals surface area contributed by atoms with Crippen LogP contribution in [0.3, 0.4) is 0 Å². The van der Waals surface area contributed by atoms with Crippen LogP contribution in [0.1, 0.15) is 24.4 Å². The van der Waals surface area contributed by atoms with E-state index in [1.54, 1.807) is 24.3 Å². The highest BCUT2D eigenvalue weighted by Gasteiger charge is 2.19. The Balaban J connectivity index is 2.76. The van der Waals surface area contributed by atoms with Crippen molar-refractivity contribution in [3.63, 3.8) is 0 Å². The number of hydrogen-bond acceptors (Lipinski definition) is 4. The number of rotatable bonds is 8. The van der Waals surface area contributed by atoms with Crippen LogP contribution in [0.15, 0.2) is 30.3 Å². The molecule has 0 aromatic heterocycles. The average Bonchev–Trinajstić information content (AvgIpc) is 2.43. The third-order valence-electron chi connectivity index (χ3n) is 3.12. The fourth-order valence-corrected chi connectivity index (χ4v) is 2.19. The van der Waals surface area contributed by atoms with E-state index in [9.17, 15) is 18.0 Å². The molecule has 1 unspecified atom stereocenters. The zero-order chi connectivity index (χ0) is 16.8. The maximum atomic E-state index is 12.0. The van der Waals surface area contributed by atoms with Gasteiger partial charge in [0, 0.05) is 13.5 Å². The predicted octanol–water partition coefficient (Wildman–Crippen LogP) is 0.600. The van der Waals surface area contributed by atoms with E-state index in [-0.39, 0.29) is 19.4 Å². The zero-order valence-corrected chi connectivity index (χ0v) is 13.3. The monoisotopic (exact) mass is 328 g/mol. The topological polar surface area (TPSA) is 104 Å². The first-order valence-electron chi connectivity index (χ1n) is 6.67. The van der Waals surface area contributed by atoms with Gasteiger partial charge in [-0.3, -0.25) is 9.59 Å². The molecule has 1 atom stereocenters. The molecule has 8 heteroatoms. The lowest BCUT2D eigenvalue weighted by Gasteiger charge is -2.20. The summed E-state index contributed by atoms with van der Waals surface area (Å²) in [4.78, 5) is 22.7. The summed E-state index contributed by atoms with van der Waals surface area (Å²) in [5.74, 6) is -1.43. The fourth-order valence-electron chi connectivity index (χ4n) is 1.83. The van der Waals surface area contributed by atoms with Crippen molar-refractivity contribution in [2.75, 3.05) is 19.8 Å². The Labute approximate surface area is 130 Å². The van der Waals surface area contributed by atoms with Crippen molar-refractivity contribution in [2.24, 2.45) is 0 Å². The first-order valence-corrected chi connectivity index (χ1v) is 8.52. The van der Waals surface area contributed by atoms with E-state index in [1.165, 1.54) is 7.05 Å². The summed E-state index contributed by atoms with van der Waals surface area (Å²) in [5.41, 5.74) is 0.777. The molecule has 0 aliphatic rings. The molecular weight excluding hydrogens is 308 g/mol. The van der Waals surface area contributed by atoms with Crippen molar-refractivity contribution < 1.29 is 23.1 Å². The number of nitrogens with zero attached hydrogens (tertiary/aromatic N) is 1. The molecule has 0 heterocycles. The van der Waals surface area contributed by atoms with Gasteiger partial charge in [0.05, 0.1) is 18.8 Å². The Bertz CT molecular complexity index is 615. The molecule has 1 aromatic rings. The number of benzene rings is 1. The van der Waals surface area contributed by atoms with E-state index in [0.717, 1.165) is 16.1 Å². The normalized spacial score (nSPS) is 12.9. The van der Waals surface area contributed by atoms with Gasteiger partial charge in [-0.25, -0.2) is 8.42 Å².